The number of hydrogen-bond donors (Lipinski definition) is 5. The molecule has 0 aromatic rings. The molecule has 0 aliphatic carbocycles. The van der Waals surface area contributed by atoms with Crippen LogP contribution in [0.15, 0.2) is 36.5 Å². The van der Waals surface area contributed by atoms with E-state index in [1.807, 2.05) is 0 Å². The van der Waals surface area contributed by atoms with Crippen LogP contribution in [0.4, 0.5) is 0 Å². The van der Waals surface area contributed by atoms with Gasteiger partial charge in [0.15, 0.2) is 0 Å². The van der Waals surface area contributed by atoms with Crippen molar-refractivity contribution in [3.05, 3.63) is 36.5 Å². The maximum atomic E-state index is 12.5. The molecule has 10 heteroatoms. The number of nitrogens with two attached hydrogens (primary N) is 1. The standard InChI is InChI=1S/C28H53N2O7P/c1-3-5-7-9-11-13-15-17-19-25(31)23-28(33)30-26(24-37-38(34,35)36-22-21-29)27(32)20-18-16-14-12-10-8-6-4-2/h9-12,18,20,25-27,31-32H,3-8,13-17,19,21-24,29H2,1-2H3,(H,30,33)(H,34,35)/b11-9-,12-10+,20-18+. The van der Waals surface area contributed by atoms with Crippen molar-refractivity contribution in [2.45, 2.75) is 116 Å². The fourth-order valence-electron chi connectivity index (χ4n) is 3.51. The Kier molecular flexibility index (Phi) is 23.8. The molecule has 0 saturated heterocycles. The van der Waals surface area contributed by atoms with Gasteiger partial charge in [0.05, 0.1) is 37.9 Å². The third kappa shape index (κ3) is 22.6. The summed E-state index contributed by atoms with van der Waals surface area (Å²) in [6.45, 7) is 3.73. The first kappa shape index (κ1) is 36.7. The number of carbonyl (C=O) groups excluding carboxylic acids is 1. The Labute approximate surface area is 230 Å². The van der Waals surface area contributed by atoms with Crippen molar-refractivity contribution in [1.29, 1.82) is 0 Å². The van der Waals surface area contributed by atoms with Crippen molar-refractivity contribution in [1.82, 2.24) is 5.32 Å². The lowest BCUT2D eigenvalue weighted by molar-refractivity contribution is -0.124. The molecule has 0 aromatic carbocycles. The van der Waals surface area contributed by atoms with Crippen LogP contribution in [0.5, 0.6) is 0 Å². The summed E-state index contributed by atoms with van der Waals surface area (Å²) < 4.78 is 21.7. The van der Waals surface area contributed by atoms with Gasteiger partial charge in [0.2, 0.25) is 5.91 Å². The van der Waals surface area contributed by atoms with Gasteiger partial charge < -0.3 is 26.2 Å². The van der Waals surface area contributed by atoms with E-state index in [-0.39, 0.29) is 19.6 Å². The molecule has 0 heterocycles. The second-order valence-electron chi connectivity index (χ2n) is 9.43. The van der Waals surface area contributed by atoms with Gasteiger partial charge in [-0.1, -0.05) is 82.4 Å². The van der Waals surface area contributed by atoms with Gasteiger partial charge in [-0.25, -0.2) is 4.57 Å². The normalized spacial score (nSPS) is 16.3. The van der Waals surface area contributed by atoms with Crippen LogP contribution in [0.3, 0.4) is 0 Å². The second-order valence-corrected chi connectivity index (χ2v) is 10.9. The van der Waals surface area contributed by atoms with Gasteiger partial charge >= 0.3 is 7.82 Å². The number of carbonyl (C=O) groups is 1. The first-order valence-corrected chi connectivity index (χ1v) is 15.7. The molecule has 4 atom stereocenters. The summed E-state index contributed by atoms with van der Waals surface area (Å²) in [5.41, 5.74) is 5.29. The Morgan fingerprint density at radius 1 is 0.895 bits per heavy atom. The third-order valence-electron chi connectivity index (χ3n) is 5.74. The largest absolute Gasteiger partial charge is 0.472 e. The van der Waals surface area contributed by atoms with Crippen molar-refractivity contribution in [3.63, 3.8) is 0 Å². The predicted octanol–water partition coefficient (Wildman–Crippen LogP) is 5.07. The Bertz CT molecular complexity index is 715. The van der Waals surface area contributed by atoms with Crippen molar-refractivity contribution >= 4 is 13.7 Å². The summed E-state index contributed by atoms with van der Waals surface area (Å²) in [6.07, 6.45) is 21.3. The lowest BCUT2D eigenvalue weighted by Gasteiger charge is -2.24. The lowest BCUT2D eigenvalue weighted by Crippen LogP contribution is -2.46. The molecule has 1 amide bonds. The van der Waals surface area contributed by atoms with Gasteiger partial charge in [-0.05, 0) is 44.9 Å². The van der Waals surface area contributed by atoms with Crippen LogP contribution in [0.1, 0.15) is 97.3 Å². The monoisotopic (exact) mass is 560 g/mol. The summed E-state index contributed by atoms with van der Waals surface area (Å²) in [4.78, 5) is 22.3. The second kappa shape index (κ2) is 24.7. The first-order valence-electron chi connectivity index (χ1n) is 14.2. The van der Waals surface area contributed by atoms with E-state index in [1.165, 1.54) is 18.9 Å². The molecule has 38 heavy (non-hydrogen) atoms. The van der Waals surface area contributed by atoms with Gasteiger partial charge in [0.1, 0.15) is 0 Å². The van der Waals surface area contributed by atoms with Crippen molar-refractivity contribution in [2.24, 2.45) is 5.73 Å². The summed E-state index contributed by atoms with van der Waals surface area (Å²) >= 11 is 0. The molecule has 0 aliphatic rings. The highest BCUT2D eigenvalue weighted by atomic mass is 31.2. The molecule has 0 saturated carbocycles. The van der Waals surface area contributed by atoms with Crippen molar-refractivity contribution in [2.75, 3.05) is 19.8 Å². The molecule has 0 aliphatic heterocycles. The highest BCUT2D eigenvalue weighted by molar-refractivity contribution is 7.47. The van der Waals surface area contributed by atoms with E-state index in [1.54, 1.807) is 6.08 Å². The van der Waals surface area contributed by atoms with Gasteiger partial charge in [-0.15, -0.1) is 0 Å². The number of aliphatic hydroxyl groups excluding tert-OH is 2. The van der Waals surface area contributed by atoms with Crippen LogP contribution >= 0.6 is 7.82 Å². The molecule has 6 N–H and O–H groups in total. The fraction of sp³-hybridized carbons (Fsp3) is 0.750. The summed E-state index contributed by atoms with van der Waals surface area (Å²) in [5.74, 6) is -0.479. The minimum atomic E-state index is -4.39. The number of unbranched alkanes of at least 4 members (excludes halogenated alkanes) is 7. The minimum absolute atomic E-state index is 0.0410. The van der Waals surface area contributed by atoms with Gasteiger partial charge in [0, 0.05) is 6.54 Å². The predicted molar refractivity (Wildman–Crippen MR) is 154 cm³/mol. The molecule has 0 rings (SSSR count). The number of phosphoric ester groups is 1. The SMILES string of the molecule is CCCC/C=C\CCCCC(O)CC(=O)NC(COP(=O)(O)OCCN)C(O)/C=C/CC/C=C/CCCC. The smallest absolute Gasteiger partial charge is 0.393 e. The maximum absolute atomic E-state index is 12.5. The molecular weight excluding hydrogens is 507 g/mol. The third-order valence-corrected chi connectivity index (χ3v) is 6.73. The van der Waals surface area contributed by atoms with Crippen LogP contribution in [0.25, 0.3) is 0 Å². The van der Waals surface area contributed by atoms with E-state index in [4.69, 9.17) is 14.8 Å². The number of allylic oxidation sites excluding steroid dienone is 5. The van der Waals surface area contributed by atoms with E-state index in [9.17, 15) is 24.5 Å². The molecule has 222 valence electrons. The van der Waals surface area contributed by atoms with E-state index in [0.29, 0.717) is 12.8 Å². The Morgan fingerprint density at radius 3 is 2.08 bits per heavy atom. The number of amides is 1. The molecule has 4 unspecified atom stereocenters. The van der Waals surface area contributed by atoms with Gasteiger partial charge in [0.25, 0.3) is 0 Å². The zero-order chi connectivity index (χ0) is 28.5. The van der Waals surface area contributed by atoms with E-state index < -0.39 is 38.6 Å². The molecule has 0 bridgehead atoms. The van der Waals surface area contributed by atoms with Crippen molar-refractivity contribution in [3.8, 4) is 0 Å². The molecule has 0 radical (unpaired) electrons. The average molecular weight is 561 g/mol. The number of rotatable bonds is 25. The summed E-state index contributed by atoms with van der Waals surface area (Å²) in [6, 6.07) is -0.999. The van der Waals surface area contributed by atoms with Gasteiger partial charge in [-0.3, -0.25) is 13.8 Å². The van der Waals surface area contributed by atoms with Crippen molar-refractivity contribution < 1.29 is 33.5 Å². The highest BCUT2D eigenvalue weighted by Gasteiger charge is 2.27. The maximum Gasteiger partial charge on any atom is 0.472 e. The first-order chi connectivity index (χ1) is 18.3. The quantitative estimate of drug-likeness (QED) is 0.0590. The summed E-state index contributed by atoms with van der Waals surface area (Å²) in [5, 5.41) is 23.5. The van der Waals surface area contributed by atoms with Crippen LogP contribution < -0.4 is 11.1 Å². The average Bonchev–Trinajstić information content (AvgIpc) is 2.88. The summed E-state index contributed by atoms with van der Waals surface area (Å²) in [7, 11) is -4.39. The van der Waals surface area contributed by atoms with E-state index in [0.717, 1.165) is 51.4 Å². The topological polar surface area (TPSA) is 151 Å². The van der Waals surface area contributed by atoms with Crippen LogP contribution in [-0.2, 0) is 18.4 Å². The van der Waals surface area contributed by atoms with E-state index in [2.05, 4.69) is 43.5 Å². The number of phosphoric acid groups is 1. The lowest BCUT2D eigenvalue weighted by atomic mass is 10.1. The molecule has 0 fully saturated rings. The highest BCUT2D eigenvalue weighted by Crippen LogP contribution is 2.43. The molecule has 9 nitrogen and oxygen atoms in total. The number of hydrogen-bond acceptors (Lipinski definition) is 7. The fourth-order valence-corrected chi connectivity index (χ4v) is 4.27. The number of nitrogens with one attached hydrogen (secondary N) is 1. The zero-order valence-corrected chi connectivity index (χ0v) is 24.4. The Balaban J connectivity index is 4.74. The van der Waals surface area contributed by atoms with Gasteiger partial charge in [-0.2, -0.15) is 0 Å². The molecule has 0 spiro atoms. The zero-order valence-electron chi connectivity index (χ0n) is 23.5. The van der Waals surface area contributed by atoms with E-state index >= 15 is 0 Å². The van der Waals surface area contributed by atoms with Crippen LogP contribution in [-0.4, -0.2) is 59.0 Å². The van der Waals surface area contributed by atoms with Crippen LogP contribution in [0, 0.1) is 0 Å². The Morgan fingerprint density at radius 2 is 1.47 bits per heavy atom. The number of aliphatic hydroxyl groups is 2. The Hall–Kier alpha value is -1.32. The molecule has 0 aromatic heterocycles. The van der Waals surface area contributed by atoms with Crippen LogP contribution in [0.2, 0.25) is 0 Å². The minimum Gasteiger partial charge on any atom is -0.393 e. The molecular formula is C28H53N2O7P.